The Kier molecular flexibility index (Phi) is 4.23. The summed E-state index contributed by atoms with van der Waals surface area (Å²) in [6, 6.07) is 11.9. The average molecular weight is 286 g/mol. The second-order valence-electron chi connectivity index (χ2n) is 4.57. The van der Waals surface area contributed by atoms with Crippen LogP contribution in [0, 0.1) is 6.92 Å². The van der Waals surface area contributed by atoms with E-state index in [2.05, 4.69) is 0 Å². The second kappa shape index (κ2) is 6.09. The predicted molar refractivity (Wildman–Crippen MR) is 75.9 cm³/mol. The minimum Gasteiger partial charge on any atom is -0.487 e. The van der Waals surface area contributed by atoms with Crippen molar-refractivity contribution in [2.45, 2.75) is 13.5 Å². The van der Waals surface area contributed by atoms with Crippen molar-refractivity contribution in [1.82, 2.24) is 0 Å². The molecule has 0 spiro atoms. The van der Waals surface area contributed by atoms with E-state index in [1.165, 1.54) is 12.1 Å². The van der Waals surface area contributed by atoms with Gasteiger partial charge in [0.25, 0.3) is 0 Å². The number of benzene rings is 2. The molecule has 0 saturated heterocycles. The molecule has 21 heavy (non-hydrogen) atoms. The van der Waals surface area contributed by atoms with Crippen LogP contribution in [-0.2, 0) is 6.61 Å². The fourth-order valence-electron chi connectivity index (χ4n) is 1.98. The molecule has 0 aliphatic carbocycles. The summed E-state index contributed by atoms with van der Waals surface area (Å²) in [6.07, 6.45) is 0. The molecule has 108 valence electrons. The van der Waals surface area contributed by atoms with Gasteiger partial charge in [-0.05, 0) is 30.2 Å². The fraction of sp³-hybridized carbons (Fsp3) is 0.125. The quantitative estimate of drug-likeness (QED) is 0.882. The van der Waals surface area contributed by atoms with Gasteiger partial charge in [0, 0.05) is 0 Å². The highest BCUT2D eigenvalue weighted by atomic mass is 16.5. The lowest BCUT2D eigenvalue weighted by atomic mass is 10.0. The summed E-state index contributed by atoms with van der Waals surface area (Å²) < 4.78 is 5.47. The van der Waals surface area contributed by atoms with E-state index in [0.717, 1.165) is 5.56 Å². The number of carboxylic acid groups (broad SMARTS) is 2. The average Bonchev–Trinajstić information content (AvgIpc) is 2.46. The van der Waals surface area contributed by atoms with E-state index in [1.54, 1.807) is 6.92 Å². The molecule has 0 radical (unpaired) electrons. The fourth-order valence-corrected chi connectivity index (χ4v) is 1.98. The van der Waals surface area contributed by atoms with E-state index in [9.17, 15) is 19.8 Å². The van der Waals surface area contributed by atoms with Gasteiger partial charge in [-0.1, -0.05) is 30.3 Å². The van der Waals surface area contributed by atoms with Crippen molar-refractivity contribution >= 4 is 11.9 Å². The minimum absolute atomic E-state index is 0.102. The molecule has 5 heteroatoms. The molecular formula is C16H14O5. The normalized spacial score (nSPS) is 10.1. The topological polar surface area (TPSA) is 83.8 Å². The third kappa shape index (κ3) is 3.39. The highest BCUT2D eigenvalue weighted by Crippen LogP contribution is 2.27. The van der Waals surface area contributed by atoms with Crippen LogP contribution in [0.15, 0.2) is 42.5 Å². The van der Waals surface area contributed by atoms with Crippen molar-refractivity contribution in [3.8, 4) is 5.75 Å². The molecule has 0 atom stereocenters. The van der Waals surface area contributed by atoms with E-state index in [1.807, 2.05) is 30.3 Å². The summed E-state index contributed by atoms with van der Waals surface area (Å²) >= 11 is 0. The first-order valence-electron chi connectivity index (χ1n) is 6.27. The summed E-state index contributed by atoms with van der Waals surface area (Å²) in [4.78, 5) is 22.6. The van der Waals surface area contributed by atoms with E-state index in [0.29, 0.717) is 5.56 Å². The molecule has 0 aliphatic rings. The maximum Gasteiger partial charge on any atom is 0.339 e. The van der Waals surface area contributed by atoms with Gasteiger partial charge in [-0.15, -0.1) is 0 Å². The lowest BCUT2D eigenvalue weighted by Crippen LogP contribution is -2.10. The number of carboxylic acids is 2. The zero-order chi connectivity index (χ0) is 15.4. The monoisotopic (exact) mass is 286 g/mol. The van der Waals surface area contributed by atoms with E-state index in [4.69, 9.17) is 4.74 Å². The molecule has 2 rings (SSSR count). The summed E-state index contributed by atoms with van der Waals surface area (Å²) in [5.74, 6) is -2.56. The lowest BCUT2D eigenvalue weighted by Gasteiger charge is -2.13. The van der Waals surface area contributed by atoms with Gasteiger partial charge in [-0.2, -0.15) is 0 Å². The molecule has 0 amide bonds. The first kappa shape index (κ1) is 14.6. The Morgan fingerprint density at radius 2 is 1.52 bits per heavy atom. The van der Waals surface area contributed by atoms with Crippen molar-refractivity contribution in [1.29, 1.82) is 0 Å². The minimum atomic E-state index is -1.22. The molecule has 0 fully saturated rings. The SMILES string of the molecule is Cc1cc(C(=O)O)c(OCc2ccccc2)c(C(=O)O)c1. The number of carbonyl (C=O) groups is 2. The Morgan fingerprint density at radius 3 is 2.00 bits per heavy atom. The predicted octanol–water partition coefficient (Wildman–Crippen LogP) is 2.97. The van der Waals surface area contributed by atoms with Gasteiger partial charge in [-0.25, -0.2) is 9.59 Å². The van der Waals surface area contributed by atoms with Crippen LogP contribution in [-0.4, -0.2) is 22.2 Å². The van der Waals surface area contributed by atoms with Crippen LogP contribution in [0.1, 0.15) is 31.8 Å². The first-order valence-corrected chi connectivity index (χ1v) is 6.27. The Bertz CT molecular complexity index is 641. The lowest BCUT2D eigenvalue weighted by molar-refractivity contribution is 0.0687. The van der Waals surface area contributed by atoms with Crippen LogP contribution < -0.4 is 4.74 Å². The number of aryl methyl sites for hydroxylation is 1. The highest BCUT2D eigenvalue weighted by Gasteiger charge is 2.21. The van der Waals surface area contributed by atoms with Crippen LogP contribution in [0.2, 0.25) is 0 Å². The Morgan fingerprint density at radius 1 is 1.00 bits per heavy atom. The molecule has 2 aromatic carbocycles. The van der Waals surface area contributed by atoms with E-state index < -0.39 is 11.9 Å². The van der Waals surface area contributed by atoms with Gasteiger partial charge in [-0.3, -0.25) is 0 Å². The molecule has 2 N–H and O–H groups in total. The molecule has 0 saturated carbocycles. The number of hydrogen-bond acceptors (Lipinski definition) is 3. The molecule has 0 heterocycles. The highest BCUT2D eigenvalue weighted by molar-refractivity contribution is 5.99. The summed E-state index contributed by atoms with van der Waals surface area (Å²) in [5.41, 5.74) is 1.08. The van der Waals surface area contributed by atoms with Crippen LogP contribution in [0.4, 0.5) is 0 Å². The van der Waals surface area contributed by atoms with Crippen molar-refractivity contribution in [2.75, 3.05) is 0 Å². The Labute approximate surface area is 121 Å². The number of ether oxygens (including phenoxy) is 1. The summed E-state index contributed by atoms with van der Waals surface area (Å²) in [6.45, 7) is 1.74. The van der Waals surface area contributed by atoms with E-state index >= 15 is 0 Å². The third-order valence-corrected chi connectivity index (χ3v) is 2.92. The molecular weight excluding hydrogens is 272 g/mol. The third-order valence-electron chi connectivity index (χ3n) is 2.92. The van der Waals surface area contributed by atoms with Crippen LogP contribution in [0.3, 0.4) is 0 Å². The second-order valence-corrected chi connectivity index (χ2v) is 4.57. The zero-order valence-electron chi connectivity index (χ0n) is 11.4. The van der Waals surface area contributed by atoms with Gasteiger partial charge in [0.1, 0.15) is 23.5 Å². The van der Waals surface area contributed by atoms with Gasteiger partial charge in [0.2, 0.25) is 0 Å². The number of hydrogen-bond donors (Lipinski definition) is 2. The zero-order valence-corrected chi connectivity index (χ0v) is 11.4. The molecule has 5 nitrogen and oxygen atoms in total. The number of aromatic carboxylic acids is 2. The Hall–Kier alpha value is -2.82. The van der Waals surface area contributed by atoms with Gasteiger partial charge >= 0.3 is 11.9 Å². The van der Waals surface area contributed by atoms with Crippen LogP contribution in [0.5, 0.6) is 5.75 Å². The summed E-state index contributed by atoms with van der Waals surface area (Å²) in [7, 11) is 0. The first-order chi connectivity index (χ1) is 9.99. The van der Waals surface area contributed by atoms with Crippen molar-refractivity contribution in [2.24, 2.45) is 0 Å². The largest absolute Gasteiger partial charge is 0.487 e. The van der Waals surface area contributed by atoms with Crippen molar-refractivity contribution < 1.29 is 24.5 Å². The van der Waals surface area contributed by atoms with Crippen LogP contribution >= 0.6 is 0 Å². The molecule has 0 unspecified atom stereocenters. The van der Waals surface area contributed by atoms with Crippen LogP contribution in [0.25, 0.3) is 0 Å². The van der Waals surface area contributed by atoms with Crippen molar-refractivity contribution in [3.63, 3.8) is 0 Å². The standard InChI is InChI=1S/C16H14O5/c1-10-7-12(15(17)18)14(13(8-10)16(19)20)21-9-11-5-3-2-4-6-11/h2-8H,9H2,1H3,(H,17,18)(H,19,20). The maximum absolute atomic E-state index is 11.3. The van der Waals surface area contributed by atoms with Crippen molar-refractivity contribution in [3.05, 3.63) is 64.7 Å². The maximum atomic E-state index is 11.3. The molecule has 0 aliphatic heterocycles. The molecule has 2 aromatic rings. The van der Waals surface area contributed by atoms with E-state index in [-0.39, 0.29) is 23.5 Å². The van der Waals surface area contributed by atoms with Gasteiger partial charge in [0.15, 0.2) is 0 Å². The van der Waals surface area contributed by atoms with Gasteiger partial charge in [0.05, 0.1) is 0 Å². The van der Waals surface area contributed by atoms with Gasteiger partial charge < -0.3 is 14.9 Å². The number of rotatable bonds is 5. The smallest absolute Gasteiger partial charge is 0.339 e. The Balaban J connectivity index is 2.40. The summed E-state index contributed by atoms with van der Waals surface area (Å²) in [5, 5.41) is 18.4. The molecule has 0 bridgehead atoms. The molecule has 0 aromatic heterocycles.